The van der Waals surface area contributed by atoms with Crippen LogP contribution in [0.15, 0.2) is 42.9 Å². The monoisotopic (exact) mass is 483 g/mol. The average Bonchev–Trinajstić information content (AvgIpc) is 3.25. The highest BCUT2D eigenvalue weighted by atomic mass is 19.3. The van der Waals surface area contributed by atoms with Gasteiger partial charge in [0.1, 0.15) is 34.8 Å². The van der Waals surface area contributed by atoms with E-state index in [-0.39, 0.29) is 16.9 Å². The van der Waals surface area contributed by atoms with Crippen LogP contribution in [0.2, 0.25) is 0 Å². The number of anilines is 1. The van der Waals surface area contributed by atoms with E-state index in [1.165, 1.54) is 16.9 Å². The topological polar surface area (TPSA) is 85.8 Å². The number of nitrogen functional groups attached to an aromatic ring is 1. The molecule has 0 spiro atoms. The number of hydrogen-bond acceptors (Lipinski definition) is 5. The van der Waals surface area contributed by atoms with E-state index in [4.69, 9.17) is 5.73 Å². The maximum absolute atomic E-state index is 14.8. The Morgan fingerprint density at radius 3 is 2.47 bits per heavy atom. The van der Waals surface area contributed by atoms with E-state index in [1.54, 1.807) is 0 Å². The fourth-order valence-corrected chi connectivity index (χ4v) is 3.61. The molecule has 0 radical (unpaired) electrons. The van der Waals surface area contributed by atoms with Crippen molar-refractivity contribution in [3.05, 3.63) is 65.6 Å². The molecule has 2 heterocycles. The molecule has 178 valence electrons. The Bertz CT molecular complexity index is 1390. The number of nitrogens with two attached hydrogens (primary N) is 1. The van der Waals surface area contributed by atoms with Gasteiger partial charge in [0.2, 0.25) is 0 Å². The first kappa shape index (κ1) is 23.1. The Labute approximate surface area is 187 Å². The second kappa shape index (κ2) is 8.72. The van der Waals surface area contributed by atoms with Crippen LogP contribution in [0, 0.1) is 11.6 Å². The standard InChI is InChI=1S/C21H15F6N5O2/c1-31(17(18(24)25)10-3-2-9(4-12(10)22)34-21(26)27)20(33)11-5-15-14(6-13(11)23)30-19(28)16-7-29-8-32(15)16/h2-8,17-18,21H,1H3,(H2,28,30)/t17-/m0/s1. The van der Waals surface area contributed by atoms with Crippen molar-refractivity contribution in [2.24, 2.45) is 0 Å². The quantitative estimate of drug-likeness (QED) is 0.411. The van der Waals surface area contributed by atoms with Gasteiger partial charge in [-0.25, -0.2) is 27.5 Å². The Hall–Kier alpha value is -4.03. The van der Waals surface area contributed by atoms with Crippen molar-refractivity contribution in [3.8, 4) is 5.75 Å². The molecule has 1 amide bonds. The summed E-state index contributed by atoms with van der Waals surface area (Å²) in [6.45, 7) is -3.25. The fourth-order valence-electron chi connectivity index (χ4n) is 3.61. The molecule has 2 aromatic carbocycles. The Morgan fingerprint density at radius 2 is 1.82 bits per heavy atom. The molecule has 34 heavy (non-hydrogen) atoms. The summed E-state index contributed by atoms with van der Waals surface area (Å²) in [7, 11) is 0.944. The Balaban J connectivity index is 1.75. The second-order valence-electron chi connectivity index (χ2n) is 7.22. The minimum Gasteiger partial charge on any atom is -0.435 e. The van der Waals surface area contributed by atoms with Crippen molar-refractivity contribution < 1.29 is 35.9 Å². The lowest BCUT2D eigenvalue weighted by Gasteiger charge is -2.28. The van der Waals surface area contributed by atoms with Crippen LogP contribution in [0.5, 0.6) is 5.75 Å². The number of amides is 1. The summed E-state index contributed by atoms with van der Waals surface area (Å²) in [5, 5.41) is 0. The number of fused-ring (bicyclic) bond motifs is 3. The molecule has 7 nitrogen and oxygen atoms in total. The number of halogens is 6. The summed E-state index contributed by atoms with van der Waals surface area (Å²) < 4.78 is 87.3. The highest BCUT2D eigenvalue weighted by molar-refractivity contribution is 5.98. The largest absolute Gasteiger partial charge is 0.435 e. The van der Waals surface area contributed by atoms with Gasteiger partial charge < -0.3 is 15.4 Å². The summed E-state index contributed by atoms with van der Waals surface area (Å²) in [5.74, 6) is -4.07. The van der Waals surface area contributed by atoms with E-state index < -0.39 is 53.5 Å². The number of imidazole rings is 1. The number of ether oxygens (including phenoxy) is 1. The van der Waals surface area contributed by atoms with Crippen molar-refractivity contribution in [3.63, 3.8) is 0 Å². The predicted octanol–water partition coefficient (Wildman–Crippen LogP) is 4.42. The van der Waals surface area contributed by atoms with Crippen LogP contribution in [0.4, 0.5) is 32.2 Å². The molecule has 0 bridgehead atoms. The van der Waals surface area contributed by atoms with Crippen molar-refractivity contribution in [1.29, 1.82) is 0 Å². The van der Waals surface area contributed by atoms with Gasteiger partial charge in [-0.15, -0.1) is 0 Å². The van der Waals surface area contributed by atoms with Gasteiger partial charge in [0, 0.05) is 24.7 Å². The van der Waals surface area contributed by atoms with Crippen LogP contribution >= 0.6 is 0 Å². The molecule has 13 heteroatoms. The van der Waals surface area contributed by atoms with E-state index in [9.17, 15) is 31.1 Å². The maximum atomic E-state index is 14.8. The molecule has 0 aliphatic rings. The lowest BCUT2D eigenvalue weighted by Crippen LogP contribution is -2.36. The van der Waals surface area contributed by atoms with E-state index in [0.29, 0.717) is 16.5 Å². The molecular weight excluding hydrogens is 468 g/mol. The zero-order chi connectivity index (χ0) is 24.7. The Morgan fingerprint density at radius 1 is 1.09 bits per heavy atom. The van der Waals surface area contributed by atoms with Crippen LogP contribution in [0.25, 0.3) is 16.6 Å². The fraction of sp³-hybridized carbons (Fsp3) is 0.190. The molecule has 0 saturated carbocycles. The number of alkyl halides is 4. The van der Waals surface area contributed by atoms with Crippen LogP contribution in [-0.2, 0) is 0 Å². The number of hydrogen-bond donors (Lipinski definition) is 1. The molecule has 0 aliphatic heterocycles. The third kappa shape index (κ3) is 4.04. The molecule has 0 saturated heterocycles. The normalized spacial score (nSPS) is 12.6. The number of benzene rings is 2. The van der Waals surface area contributed by atoms with Gasteiger partial charge in [-0.3, -0.25) is 9.20 Å². The van der Waals surface area contributed by atoms with Crippen LogP contribution in [-0.4, -0.2) is 45.3 Å². The lowest BCUT2D eigenvalue weighted by atomic mass is 10.0. The first-order chi connectivity index (χ1) is 16.1. The van der Waals surface area contributed by atoms with Crippen LogP contribution in [0.1, 0.15) is 22.0 Å². The third-order valence-electron chi connectivity index (χ3n) is 5.19. The summed E-state index contributed by atoms with van der Waals surface area (Å²) >= 11 is 0. The lowest BCUT2D eigenvalue weighted by molar-refractivity contribution is -0.0500. The van der Waals surface area contributed by atoms with E-state index in [1.807, 2.05) is 0 Å². The first-order valence-corrected chi connectivity index (χ1v) is 9.58. The van der Waals surface area contributed by atoms with Gasteiger partial charge in [-0.2, -0.15) is 8.78 Å². The summed E-state index contributed by atoms with van der Waals surface area (Å²) in [6.07, 6.45) is -0.544. The van der Waals surface area contributed by atoms with Crippen molar-refractivity contribution >= 4 is 28.3 Å². The molecule has 0 aliphatic carbocycles. The van der Waals surface area contributed by atoms with E-state index >= 15 is 0 Å². The first-order valence-electron chi connectivity index (χ1n) is 9.58. The Kier molecular flexibility index (Phi) is 5.94. The van der Waals surface area contributed by atoms with E-state index in [0.717, 1.165) is 31.3 Å². The van der Waals surface area contributed by atoms with Crippen LogP contribution in [0.3, 0.4) is 0 Å². The minimum absolute atomic E-state index is 0.0631. The molecular formula is C21H15F6N5O2. The third-order valence-corrected chi connectivity index (χ3v) is 5.19. The van der Waals surface area contributed by atoms with Crippen molar-refractivity contribution in [1.82, 2.24) is 19.3 Å². The SMILES string of the molecule is CN(C(=O)c1cc2c(cc1F)nc(N)c1cncn12)[C@@H](c1ccc(OC(F)F)cc1F)C(F)F. The molecule has 2 aromatic heterocycles. The molecule has 4 rings (SSSR count). The van der Waals surface area contributed by atoms with Gasteiger partial charge in [-0.05, 0) is 12.1 Å². The highest BCUT2D eigenvalue weighted by Gasteiger charge is 2.34. The maximum Gasteiger partial charge on any atom is 0.387 e. The number of aromatic nitrogens is 3. The van der Waals surface area contributed by atoms with Gasteiger partial charge >= 0.3 is 6.61 Å². The molecule has 1 atom stereocenters. The van der Waals surface area contributed by atoms with Gasteiger partial charge in [0.05, 0.1) is 29.1 Å². The van der Waals surface area contributed by atoms with Gasteiger partial charge in [-0.1, -0.05) is 6.07 Å². The smallest absolute Gasteiger partial charge is 0.387 e. The average molecular weight is 483 g/mol. The summed E-state index contributed by atoms with van der Waals surface area (Å²) in [6, 6.07) is 2.02. The summed E-state index contributed by atoms with van der Waals surface area (Å²) in [5.41, 5.74) is 5.26. The number of carbonyl (C=O) groups excluding carboxylic acids is 1. The van der Waals surface area contributed by atoms with E-state index in [2.05, 4.69) is 14.7 Å². The van der Waals surface area contributed by atoms with Crippen molar-refractivity contribution in [2.75, 3.05) is 12.8 Å². The zero-order valence-corrected chi connectivity index (χ0v) is 17.2. The van der Waals surface area contributed by atoms with Gasteiger partial charge in [0.25, 0.3) is 12.3 Å². The summed E-state index contributed by atoms with van der Waals surface area (Å²) in [4.78, 5) is 21.5. The minimum atomic E-state index is -3.30. The zero-order valence-electron chi connectivity index (χ0n) is 17.2. The second-order valence-corrected chi connectivity index (χ2v) is 7.22. The predicted molar refractivity (Wildman–Crippen MR) is 109 cm³/mol. The highest BCUT2D eigenvalue weighted by Crippen LogP contribution is 2.33. The molecule has 0 unspecified atom stereocenters. The van der Waals surface area contributed by atoms with Crippen LogP contribution < -0.4 is 10.5 Å². The van der Waals surface area contributed by atoms with Gasteiger partial charge in [0.15, 0.2) is 0 Å². The number of carbonyl (C=O) groups is 1. The van der Waals surface area contributed by atoms with Crippen molar-refractivity contribution in [2.45, 2.75) is 19.1 Å². The molecule has 4 aromatic rings. The number of nitrogens with zero attached hydrogens (tertiary/aromatic N) is 4. The number of rotatable bonds is 6. The molecule has 0 fully saturated rings. The molecule has 2 N–H and O–H groups in total.